The van der Waals surface area contributed by atoms with Gasteiger partial charge in [0, 0.05) is 12.6 Å². The zero-order valence-electron chi connectivity index (χ0n) is 14.4. The van der Waals surface area contributed by atoms with Gasteiger partial charge >= 0.3 is 0 Å². The molecule has 3 heteroatoms. The Morgan fingerprint density at radius 2 is 2.14 bits per heavy atom. The first kappa shape index (κ1) is 15.8. The van der Waals surface area contributed by atoms with E-state index in [4.69, 9.17) is 4.74 Å². The molecular weight excluding hydrogens is 272 g/mol. The third-order valence-electron chi connectivity index (χ3n) is 5.33. The van der Waals surface area contributed by atoms with Gasteiger partial charge in [0.1, 0.15) is 5.75 Å². The minimum absolute atomic E-state index is 0.317. The van der Waals surface area contributed by atoms with E-state index >= 15 is 0 Å². The highest BCUT2D eigenvalue weighted by Crippen LogP contribution is 2.42. The predicted octanol–water partition coefficient (Wildman–Crippen LogP) is 3.64. The predicted molar refractivity (Wildman–Crippen MR) is 90.9 cm³/mol. The number of piperidine rings is 1. The minimum atomic E-state index is 0.317. The Hall–Kier alpha value is -1.06. The van der Waals surface area contributed by atoms with E-state index in [-0.39, 0.29) is 0 Å². The van der Waals surface area contributed by atoms with Crippen LogP contribution >= 0.6 is 0 Å². The third-order valence-corrected chi connectivity index (χ3v) is 5.33. The first-order valence-corrected chi connectivity index (χ1v) is 8.61. The van der Waals surface area contributed by atoms with Gasteiger partial charge in [0.25, 0.3) is 0 Å². The molecule has 0 bridgehead atoms. The van der Waals surface area contributed by atoms with Gasteiger partial charge in [0.15, 0.2) is 0 Å². The fourth-order valence-corrected chi connectivity index (χ4v) is 4.23. The molecule has 1 N–H and O–H groups in total. The van der Waals surface area contributed by atoms with Crippen LogP contribution in [0.15, 0.2) is 24.3 Å². The lowest BCUT2D eigenvalue weighted by Gasteiger charge is -2.39. The summed E-state index contributed by atoms with van der Waals surface area (Å²) in [6.45, 7) is 9.31. The number of methoxy groups -OCH3 is 1. The minimum Gasteiger partial charge on any atom is -0.497 e. The van der Waals surface area contributed by atoms with Gasteiger partial charge in [0.05, 0.1) is 13.3 Å². The number of likely N-dealkylation sites (tertiary alicyclic amines) is 1. The van der Waals surface area contributed by atoms with Crippen LogP contribution in [0.3, 0.4) is 0 Å². The topological polar surface area (TPSA) is 24.5 Å². The molecule has 0 aliphatic carbocycles. The molecule has 122 valence electrons. The van der Waals surface area contributed by atoms with Crippen molar-refractivity contribution in [1.82, 2.24) is 10.2 Å². The van der Waals surface area contributed by atoms with Crippen molar-refractivity contribution in [2.45, 2.75) is 58.8 Å². The summed E-state index contributed by atoms with van der Waals surface area (Å²) < 4.78 is 5.39. The molecule has 3 rings (SSSR count). The molecule has 2 saturated heterocycles. The number of nitrogens with one attached hydrogen (secondary N) is 1. The molecule has 3 unspecified atom stereocenters. The molecule has 0 saturated carbocycles. The molecule has 2 heterocycles. The molecule has 2 fully saturated rings. The van der Waals surface area contributed by atoms with E-state index in [0.29, 0.717) is 17.6 Å². The van der Waals surface area contributed by atoms with Crippen molar-refractivity contribution in [2.24, 2.45) is 11.3 Å². The molecule has 2 aliphatic rings. The second-order valence-electron chi connectivity index (χ2n) is 7.94. The van der Waals surface area contributed by atoms with Crippen molar-refractivity contribution in [3.05, 3.63) is 29.8 Å². The van der Waals surface area contributed by atoms with Crippen molar-refractivity contribution in [2.75, 3.05) is 13.7 Å². The van der Waals surface area contributed by atoms with Gasteiger partial charge in [-0.05, 0) is 54.8 Å². The number of benzene rings is 1. The fraction of sp³-hybridized carbons (Fsp3) is 0.684. The van der Waals surface area contributed by atoms with Crippen LogP contribution in [-0.2, 0) is 6.54 Å². The third kappa shape index (κ3) is 3.16. The Morgan fingerprint density at radius 1 is 1.32 bits per heavy atom. The Morgan fingerprint density at radius 3 is 2.86 bits per heavy atom. The van der Waals surface area contributed by atoms with Crippen LogP contribution in [0.25, 0.3) is 0 Å². The highest BCUT2D eigenvalue weighted by Gasteiger charge is 2.46. The van der Waals surface area contributed by atoms with Crippen LogP contribution in [-0.4, -0.2) is 30.8 Å². The summed E-state index contributed by atoms with van der Waals surface area (Å²) in [7, 11) is 1.74. The van der Waals surface area contributed by atoms with E-state index in [9.17, 15) is 0 Å². The Kier molecular flexibility index (Phi) is 4.47. The fourth-order valence-electron chi connectivity index (χ4n) is 4.23. The van der Waals surface area contributed by atoms with Crippen LogP contribution in [0.2, 0.25) is 0 Å². The molecule has 22 heavy (non-hydrogen) atoms. The van der Waals surface area contributed by atoms with Gasteiger partial charge in [-0.3, -0.25) is 4.90 Å². The van der Waals surface area contributed by atoms with Crippen molar-refractivity contribution >= 4 is 0 Å². The summed E-state index contributed by atoms with van der Waals surface area (Å²) >= 11 is 0. The molecule has 0 spiro atoms. The highest BCUT2D eigenvalue weighted by atomic mass is 16.5. The molecule has 3 atom stereocenters. The standard InChI is InChI=1S/C19H30N2O/c1-19(2,3)17-12-15-8-6-10-20-18(15)21(17)13-14-7-5-9-16(11-14)22-4/h5,7,9,11,15,17-18,20H,6,8,10,12-13H2,1-4H3. The maximum absolute atomic E-state index is 5.39. The summed E-state index contributed by atoms with van der Waals surface area (Å²) in [5.74, 6) is 1.76. The zero-order valence-corrected chi connectivity index (χ0v) is 14.4. The van der Waals surface area contributed by atoms with Gasteiger partial charge in [-0.2, -0.15) is 0 Å². The summed E-state index contributed by atoms with van der Waals surface area (Å²) in [5.41, 5.74) is 1.67. The largest absolute Gasteiger partial charge is 0.497 e. The number of hydrogen-bond acceptors (Lipinski definition) is 3. The number of nitrogens with zero attached hydrogens (tertiary/aromatic N) is 1. The van der Waals surface area contributed by atoms with Gasteiger partial charge in [-0.15, -0.1) is 0 Å². The SMILES string of the molecule is COc1cccc(CN2C3NCCCC3CC2C(C)(C)C)c1. The van der Waals surface area contributed by atoms with E-state index < -0.39 is 0 Å². The molecule has 1 aromatic rings. The van der Waals surface area contributed by atoms with Crippen LogP contribution in [0.1, 0.15) is 45.6 Å². The van der Waals surface area contributed by atoms with Crippen LogP contribution in [0.4, 0.5) is 0 Å². The van der Waals surface area contributed by atoms with Crippen molar-refractivity contribution in [3.8, 4) is 5.75 Å². The van der Waals surface area contributed by atoms with Gasteiger partial charge in [-0.25, -0.2) is 0 Å². The lowest BCUT2D eigenvalue weighted by atomic mass is 9.82. The summed E-state index contributed by atoms with van der Waals surface area (Å²) in [6.07, 6.45) is 4.57. The second-order valence-corrected chi connectivity index (χ2v) is 7.94. The summed E-state index contributed by atoms with van der Waals surface area (Å²) in [5, 5.41) is 3.78. The van der Waals surface area contributed by atoms with Crippen molar-refractivity contribution in [3.63, 3.8) is 0 Å². The first-order valence-electron chi connectivity index (χ1n) is 8.61. The number of rotatable bonds is 3. The number of ether oxygens (including phenoxy) is 1. The quantitative estimate of drug-likeness (QED) is 0.922. The van der Waals surface area contributed by atoms with Crippen molar-refractivity contribution in [1.29, 1.82) is 0 Å². The highest BCUT2D eigenvalue weighted by molar-refractivity contribution is 5.28. The lowest BCUT2D eigenvalue weighted by molar-refractivity contribution is 0.0747. The van der Waals surface area contributed by atoms with Crippen LogP contribution in [0.5, 0.6) is 5.75 Å². The molecule has 0 aromatic heterocycles. The zero-order chi connectivity index (χ0) is 15.7. The average Bonchev–Trinajstić information content (AvgIpc) is 2.87. The Labute approximate surface area is 135 Å². The molecule has 1 aromatic carbocycles. The monoisotopic (exact) mass is 302 g/mol. The van der Waals surface area contributed by atoms with E-state index in [1.807, 2.05) is 6.07 Å². The summed E-state index contributed by atoms with van der Waals surface area (Å²) in [4.78, 5) is 2.71. The smallest absolute Gasteiger partial charge is 0.119 e. The molecule has 0 radical (unpaired) electrons. The van der Waals surface area contributed by atoms with Crippen LogP contribution < -0.4 is 10.1 Å². The average molecular weight is 302 g/mol. The number of hydrogen-bond donors (Lipinski definition) is 1. The molecule has 0 amide bonds. The van der Waals surface area contributed by atoms with Crippen molar-refractivity contribution < 1.29 is 4.74 Å². The molecule has 3 nitrogen and oxygen atoms in total. The van der Waals surface area contributed by atoms with E-state index in [2.05, 4.69) is 49.2 Å². The maximum atomic E-state index is 5.39. The van der Waals surface area contributed by atoms with E-state index in [1.165, 1.54) is 24.8 Å². The van der Waals surface area contributed by atoms with Gasteiger partial charge < -0.3 is 10.1 Å². The molecule has 2 aliphatic heterocycles. The van der Waals surface area contributed by atoms with Crippen LogP contribution in [0, 0.1) is 11.3 Å². The molecular formula is C19H30N2O. The maximum Gasteiger partial charge on any atom is 0.119 e. The summed E-state index contributed by atoms with van der Waals surface area (Å²) in [6, 6.07) is 9.16. The Bertz CT molecular complexity index is 508. The normalized spacial score (nSPS) is 29.4. The first-order chi connectivity index (χ1) is 10.5. The van der Waals surface area contributed by atoms with Gasteiger partial charge in [0.2, 0.25) is 0 Å². The Balaban J connectivity index is 1.83. The van der Waals surface area contributed by atoms with E-state index in [0.717, 1.165) is 24.8 Å². The van der Waals surface area contributed by atoms with E-state index in [1.54, 1.807) is 7.11 Å². The lowest BCUT2D eigenvalue weighted by Crippen LogP contribution is -2.51. The number of fused-ring (bicyclic) bond motifs is 1. The van der Waals surface area contributed by atoms with Gasteiger partial charge in [-0.1, -0.05) is 32.9 Å². The second kappa shape index (κ2) is 6.21.